The summed E-state index contributed by atoms with van der Waals surface area (Å²) in [6, 6.07) is 1.76. The van der Waals surface area contributed by atoms with Crippen molar-refractivity contribution < 1.29 is 13.9 Å². The Morgan fingerprint density at radius 3 is 2.80 bits per heavy atom. The van der Waals surface area contributed by atoms with Crippen molar-refractivity contribution in [3.05, 3.63) is 36.7 Å². The molecule has 0 atom stereocenters. The second-order valence-corrected chi connectivity index (χ2v) is 7.57. The number of imidazole rings is 1. The van der Waals surface area contributed by atoms with Crippen LogP contribution in [-0.2, 0) is 4.74 Å². The lowest BCUT2D eigenvalue weighted by Crippen LogP contribution is -2.29. The highest BCUT2D eigenvalue weighted by molar-refractivity contribution is 5.97. The van der Waals surface area contributed by atoms with E-state index >= 15 is 0 Å². The van der Waals surface area contributed by atoms with Crippen LogP contribution in [0.15, 0.2) is 30.9 Å². The van der Waals surface area contributed by atoms with Gasteiger partial charge in [0.25, 0.3) is 0 Å². The Balaban J connectivity index is 1.50. The lowest BCUT2D eigenvalue weighted by Gasteiger charge is -2.28. The van der Waals surface area contributed by atoms with Gasteiger partial charge in [0.05, 0.1) is 18.6 Å². The maximum atomic E-state index is 14.5. The van der Waals surface area contributed by atoms with Crippen molar-refractivity contribution in [1.82, 2.24) is 24.3 Å². The van der Waals surface area contributed by atoms with Crippen LogP contribution in [0.3, 0.4) is 0 Å². The number of methoxy groups -OCH3 is 2. The van der Waals surface area contributed by atoms with Gasteiger partial charge in [-0.05, 0) is 31.7 Å². The molecule has 0 amide bonds. The Kier molecular flexibility index (Phi) is 4.74. The van der Waals surface area contributed by atoms with Crippen LogP contribution in [-0.4, -0.2) is 50.7 Å². The summed E-state index contributed by atoms with van der Waals surface area (Å²) >= 11 is 0. The second-order valence-electron chi connectivity index (χ2n) is 7.57. The number of anilines is 1. The number of halogens is 1. The quantitative estimate of drug-likeness (QED) is 0.520. The number of aromatic nitrogens is 5. The van der Waals surface area contributed by atoms with Gasteiger partial charge in [0.1, 0.15) is 5.65 Å². The molecular weight excluding hydrogens is 387 g/mol. The van der Waals surface area contributed by atoms with Crippen molar-refractivity contribution in [2.75, 3.05) is 19.5 Å². The summed E-state index contributed by atoms with van der Waals surface area (Å²) < 4.78 is 27.1. The minimum Gasteiger partial charge on any atom is -0.480 e. The van der Waals surface area contributed by atoms with Gasteiger partial charge >= 0.3 is 0 Å². The standard InChI is InChI=1S/C21H23FN6O2/c1-29-14-5-3-13(4-6-14)25-21-26-18-17(20(27-21)30-2)15(10-24-18)12-9-16(22)19-23-7-8-28(19)11-12/h7-11,13-14H,3-6H2,1-2H3,(H2,24,25,26,27)/t13-,14+. The molecule has 9 heteroatoms. The van der Waals surface area contributed by atoms with Crippen molar-refractivity contribution in [3.63, 3.8) is 0 Å². The molecule has 4 heterocycles. The lowest BCUT2D eigenvalue weighted by atomic mass is 9.93. The van der Waals surface area contributed by atoms with Crippen LogP contribution in [0.4, 0.5) is 10.3 Å². The molecule has 0 aromatic carbocycles. The summed E-state index contributed by atoms with van der Waals surface area (Å²) in [5, 5.41) is 4.13. The fraction of sp³-hybridized carbons (Fsp3) is 0.381. The molecule has 8 nitrogen and oxygen atoms in total. The third-order valence-electron chi connectivity index (χ3n) is 5.79. The van der Waals surface area contributed by atoms with Gasteiger partial charge in [0.2, 0.25) is 11.8 Å². The second kappa shape index (κ2) is 7.56. The van der Waals surface area contributed by atoms with E-state index in [0.29, 0.717) is 40.6 Å². The van der Waals surface area contributed by atoms with Crippen LogP contribution < -0.4 is 10.1 Å². The molecule has 0 bridgehead atoms. The van der Waals surface area contributed by atoms with E-state index in [4.69, 9.17) is 9.47 Å². The number of pyridine rings is 1. The zero-order chi connectivity index (χ0) is 20.7. The van der Waals surface area contributed by atoms with Crippen LogP contribution in [0.5, 0.6) is 5.88 Å². The molecule has 0 aliphatic heterocycles. The molecule has 0 radical (unpaired) electrons. The Labute approximate surface area is 172 Å². The maximum absolute atomic E-state index is 14.5. The van der Waals surface area contributed by atoms with Crippen LogP contribution in [0, 0.1) is 5.82 Å². The summed E-state index contributed by atoms with van der Waals surface area (Å²) in [4.78, 5) is 16.4. The third kappa shape index (κ3) is 3.24. The Hall–Kier alpha value is -3.20. The number of H-pyrrole nitrogens is 1. The molecule has 4 aromatic rings. The summed E-state index contributed by atoms with van der Waals surface area (Å²) in [6.45, 7) is 0. The van der Waals surface area contributed by atoms with Crippen LogP contribution in [0.1, 0.15) is 25.7 Å². The molecule has 1 aliphatic carbocycles. The average Bonchev–Trinajstić information content (AvgIpc) is 3.41. The zero-order valence-electron chi connectivity index (χ0n) is 16.9. The number of rotatable bonds is 5. The van der Waals surface area contributed by atoms with Gasteiger partial charge in [-0.1, -0.05) is 0 Å². The van der Waals surface area contributed by atoms with E-state index in [2.05, 4.69) is 25.3 Å². The Bertz CT molecular complexity index is 1200. The van der Waals surface area contributed by atoms with E-state index in [1.54, 1.807) is 37.2 Å². The minimum absolute atomic E-state index is 0.288. The summed E-state index contributed by atoms with van der Waals surface area (Å²) in [5.41, 5.74) is 2.38. The van der Waals surface area contributed by atoms with Crippen molar-refractivity contribution in [2.24, 2.45) is 0 Å². The van der Waals surface area contributed by atoms with Crippen molar-refractivity contribution in [1.29, 1.82) is 0 Å². The van der Waals surface area contributed by atoms with Crippen molar-refractivity contribution in [3.8, 4) is 17.0 Å². The monoisotopic (exact) mass is 410 g/mol. The summed E-state index contributed by atoms with van der Waals surface area (Å²) in [5.74, 6) is 0.567. The maximum Gasteiger partial charge on any atom is 0.228 e. The summed E-state index contributed by atoms with van der Waals surface area (Å²) in [7, 11) is 3.34. The molecule has 156 valence electrons. The predicted molar refractivity (Wildman–Crippen MR) is 111 cm³/mol. The molecule has 30 heavy (non-hydrogen) atoms. The van der Waals surface area contributed by atoms with Crippen molar-refractivity contribution >= 4 is 22.6 Å². The van der Waals surface area contributed by atoms with Gasteiger partial charge in [-0.3, -0.25) is 0 Å². The van der Waals surface area contributed by atoms with Crippen molar-refractivity contribution in [2.45, 2.75) is 37.8 Å². The van der Waals surface area contributed by atoms with Crippen LogP contribution >= 0.6 is 0 Å². The zero-order valence-corrected chi connectivity index (χ0v) is 16.9. The number of aromatic amines is 1. The number of fused-ring (bicyclic) bond motifs is 2. The SMILES string of the molecule is COc1nc(N[C@H]2CC[C@@H](OC)CC2)nc2[nH]cc(-c3cc(F)c4nccn4c3)c12. The molecule has 0 saturated heterocycles. The van der Waals surface area contributed by atoms with Gasteiger partial charge in [0, 0.05) is 49.1 Å². The predicted octanol–water partition coefficient (Wildman–Crippen LogP) is 3.79. The van der Waals surface area contributed by atoms with E-state index in [0.717, 1.165) is 31.2 Å². The summed E-state index contributed by atoms with van der Waals surface area (Å²) in [6.07, 6.45) is 11.3. The highest BCUT2D eigenvalue weighted by Gasteiger charge is 2.23. The first-order valence-electron chi connectivity index (χ1n) is 10.0. The molecule has 0 spiro atoms. The number of ether oxygens (including phenoxy) is 2. The van der Waals surface area contributed by atoms with Gasteiger partial charge in [0.15, 0.2) is 11.5 Å². The number of hydrogen-bond donors (Lipinski definition) is 2. The number of nitrogens with zero attached hydrogens (tertiary/aromatic N) is 4. The average molecular weight is 410 g/mol. The first-order chi connectivity index (χ1) is 14.7. The Morgan fingerprint density at radius 1 is 1.20 bits per heavy atom. The molecule has 4 aromatic heterocycles. The van der Waals surface area contributed by atoms with E-state index < -0.39 is 5.82 Å². The van der Waals surface area contributed by atoms with Gasteiger partial charge < -0.3 is 24.2 Å². The third-order valence-corrected chi connectivity index (χ3v) is 5.79. The van der Waals surface area contributed by atoms with Gasteiger partial charge in [-0.25, -0.2) is 9.37 Å². The first kappa shape index (κ1) is 18.8. The van der Waals surface area contributed by atoms with E-state index in [9.17, 15) is 4.39 Å². The fourth-order valence-electron chi connectivity index (χ4n) is 4.20. The number of hydrogen-bond acceptors (Lipinski definition) is 6. The highest BCUT2D eigenvalue weighted by atomic mass is 19.1. The first-order valence-corrected chi connectivity index (χ1v) is 10.0. The van der Waals surface area contributed by atoms with E-state index in [1.165, 1.54) is 6.07 Å². The minimum atomic E-state index is -0.392. The largest absolute Gasteiger partial charge is 0.480 e. The molecule has 1 fully saturated rings. The molecular formula is C21H23FN6O2. The topological polar surface area (TPSA) is 89.4 Å². The smallest absolute Gasteiger partial charge is 0.228 e. The van der Waals surface area contributed by atoms with E-state index in [1.807, 2.05) is 6.20 Å². The lowest BCUT2D eigenvalue weighted by molar-refractivity contribution is 0.0681. The van der Waals surface area contributed by atoms with Crippen LogP contribution in [0.2, 0.25) is 0 Å². The number of nitrogens with one attached hydrogen (secondary N) is 2. The van der Waals surface area contributed by atoms with Gasteiger partial charge in [-0.15, -0.1) is 0 Å². The molecule has 5 rings (SSSR count). The highest BCUT2D eigenvalue weighted by Crippen LogP contribution is 2.35. The Morgan fingerprint density at radius 2 is 2.03 bits per heavy atom. The molecule has 0 unspecified atom stereocenters. The van der Waals surface area contributed by atoms with E-state index in [-0.39, 0.29) is 5.65 Å². The molecule has 1 aliphatic rings. The molecule has 2 N–H and O–H groups in total. The van der Waals surface area contributed by atoms with Gasteiger partial charge in [-0.2, -0.15) is 9.97 Å². The van der Waals surface area contributed by atoms with Crippen LogP contribution in [0.25, 0.3) is 27.8 Å². The molecule has 1 saturated carbocycles. The normalized spacial score (nSPS) is 19.4. The fourth-order valence-corrected chi connectivity index (χ4v) is 4.20.